The molecule has 1 heterocycles. The molecule has 0 aliphatic carbocycles. The molecule has 4 nitrogen and oxygen atoms in total. The Morgan fingerprint density at radius 2 is 2.00 bits per heavy atom. The standard InChI is InChI=1S/C15H14FN3O/c1-20-14-8-13-12(7-11(14)16)18-15(17)19(13)9-10-5-3-2-4-6-10/h2-8H,9H2,1H3,(H2,17,18). The molecule has 0 saturated carbocycles. The van der Waals surface area contributed by atoms with E-state index in [-0.39, 0.29) is 5.75 Å². The maximum atomic E-state index is 13.7. The summed E-state index contributed by atoms with van der Waals surface area (Å²) in [6, 6.07) is 12.9. The lowest BCUT2D eigenvalue weighted by molar-refractivity contribution is 0.387. The number of nitrogen functional groups attached to an aromatic ring is 1. The van der Waals surface area contributed by atoms with Crippen LogP contribution in [0.15, 0.2) is 42.5 Å². The minimum atomic E-state index is -0.440. The Hall–Kier alpha value is -2.56. The van der Waals surface area contributed by atoms with Gasteiger partial charge >= 0.3 is 0 Å². The Morgan fingerprint density at radius 1 is 1.25 bits per heavy atom. The van der Waals surface area contributed by atoms with E-state index < -0.39 is 5.82 Å². The number of ether oxygens (including phenoxy) is 1. The van der Waals surface area contributed by atoms with Gasteiger partial charge in [-0.3, -0.25) is 0 Å². The molecule has 0 saturated heterocycles. The molecule has 20 heavy (non-hydrogen) atoms. The highest BCUT2D eigenvalue weighted by atomic mass is 19.1. The molecule has 0 atom stereocenters. The molecule has 2 aromatic carbocycles. The van der Waals surface area contributed by atoms with E-state index in [9.17, 15) is 4.39 Å². The van der Waals surface area contributed by atoms with Crippen LogP contribution in [0, 0.1) is 5.82 Å². The summed E-state index contributed by atoms with van der Waals surface area (Å²) in [6.07, 6.45) is 0. The Labute approximate surface area is 115 Å². The summed E-state index contributed by atoms with van der Waals surface area (Å²) in [5.41, 5.74) is 8.31. The zero-order valence-electron chi connectivity index (χ0n) is 11.0. The summed E-state index contributed by atoms with van der Waals surface area (Å²) in [7, 11) is 1.44. The molecule has 0 unspecified atom stereocenters. The second-order valence-corrected chi connectivity index (χ2v) is 4.52. The van der Waals surface area contributed by atoms with Gasteiger partial charge in [-0.25, -0.2) is 9.37 Å². The van der Waals surface area contributed by atoms with Crippen molar-refractivity contribution in [3.05, 3.63) is 53.8 Å². The fourth-order valence-corrected chi connectivity index (χ4v) is 2.23. The molecule has 3 rings (SSSR count). The maximum Gasteiger partial charge on any atom is 0.201 e. The molecule has 0 bridgehead atoms. The van der Waals surface area contributed by atoms with Gasteiger partial charge in [-0.15, -0.1) is 0 Å². The van der Waals surface area contributed by atoms with Crippen molar-refractivity contribution in [1.82, 2.24) is 9.55 Å². The largest absolute Gasteiger partial charge is 0.494 e. The predicted molar refractivity (Wildman–Crippen MR) is 76.2 cm³/mol. The van der Waals surface area contributed by atoms with Gasteiger partial charge in [0, 0.05) is 12.1 Å². The monoisotopic (exact) mass is 271 g/mol. The van der Waals surface area contributed by atoms with Crippen molar-refractivity contribution in [2.75, 3.05) is 12.8 Å². The minimum Gasteiger partial charge on any atom is -0.494 e. The Balaban J connectivity index is 2.12. The number of halogens is 1. The highest BCUT2D eigenvalue weighted by Crippen LogP contribution is 2.26. The van der Waals surface area contributed by atoms with Crippen LogP contribution >= 0.6 is 0 Å². The first kappa shape index (κ1) is 12.5. The molecule has 3 aromatic rings. The predicted octanol–water partition coefficient (Wildman–Crippen LogP) is 2.81. The van der Waals surface area contributed by atoms with E-state index in [0.717, 1.165) is 11.1 Å². The summed E-state index contributed by atoms with van der Waals surface area (Å²) in [5.74, 6) is 0.104. The van der Waals surface area contributed by atoms with Crippen LogP contribution in [0.5, 0.6) is 5.75 Å². The number of hydrogen-bond donors (Lipinski definition) is 1. The van der Waals surface area contributed by atoms with Crippen LogP contribution in [0.3, 0.4) is 0 Å². The van der Waals surface area contributed by atoms with Gasteiger partial charge in [0.05, 0.1) is 24.7 Å². The normalized spacial score (nSPS) is 10.9. The fraction of sp³-hybridized carbons (Fsp3) is 0.133. The third kappa shape index (κ3) is 2.07. The topological polar surface area (TPSA) is 53.1 Å². The molecule has 0 aliphatic rings. The average Bonchev–Trinajstić information content (AvgIpc) is 2.74. The molecule has 0 fully saturated rings. The number of aromatic nitrogens is 2. The molecular weight excluding hydrogens is 257 g/mol. The van der Waals surface area contributed by atoms with Gasteiger partial charge in [0.25, 0.3) is 0 Å². The van der Waals surface area contributed by atoms with E-state index in [2.05, 4.69) is 4.98 Å². The summed E-state index contributed by atoms with van der Waals surface area (Å²) < 4.78 is 20.5. The van der Waals surface area contributed by atoms with E-state index in [1.807, 2.05) is 34.9 Å². The van der Waals surface area contributed by atoms with Crippen molar-refractivity contribution in [3.63, 3.8) is 0 Å². The van der Waals surface area contributed by atoms with Crippen LogP contribution in [-0.2, 0) is 6.54 Å². The average molecular weight is 271 g/mol. The fourth-order valence-electron chi connectivity index (χ4n) is 2.23. The van der Waals surface area contributed by atoms with Crippen molar-refractivity contribution in [1.29, 1.82) is 0 Å². The third-order valence-corrected chi connectivity index (χ3v) is 3.23. The second-order valence-electron chi connectivity index (χ2n) is 4.52. The highest BCUT2D eigenvalue weighted by molar-refractivity contribution is 5.80. The van der Waals surface area contributed by atoms with Crippen molar-refractivity contribution in [2.45, 2.75) is 6.54 Å². The van der Waals surface area contributed by atoms with Gasteiger partial charge in [0.1, 0.15) is 0 Å². The molecule has 5 heteroatoms. The number of imidazole rings is 1. The van der Waals surface area contributed by atoms with Gasteiger partial charge in [0.15, 0.2) is 11.6 Å². The molecule has 0 spiro atoms. The van der Waals surface area contributed by atoms with Crippen molar-refractivity contribution < 1.29 is 9.13 Å². The second kappa shape index (κ2) is 4.85. The molecule has 0 radical (unpaired) electrons. The summed E-state index contributed by atoms with van der Waals surface area (Å²) in [4.78, 5) is 4.19. The quantitative estimate of drug-likeness (QED) is 0.797. The number of methoxy groups -OCH3 is 1. The first-order chi connectivity index (χ1) is 9.69. The van der Waals surface area contributed by atoms with Gasteiger partial charge in [-0.1, -0.05) is 30.3 Å². The lowest BCUT2D eigenvalue weighted by Crippen LogP contribution is -2.04. The van der Waals surface area contributed by atoms with Crippen LogP contribution < -0.4 is 10.5 Å². The lowest BCUT2D eigenvalue weighted by atomic mass is 10.2. The van der Waals surface area contributed by atoms with E-state index in [1.165, 1.54) is 13.2 Å². The summed E-state index contributed by atoms with van der Waals surface area (Å²) in [6.45, 7) is 0.581. The zero-order chi connectivity index (χ0) is 14.1. The van der Waals surface area contributed by atoms with E-state index >= 15 is 0 Å². The lowest BCUT2D eigenvalue weighted by Gasteiger charge is -2.08. The number of fused-ring (bicyclic) bond motifs is 1. The highest BCUT2D eigenvalue weighted by Gasteiger charge is 2.13. The number of nitrogens with two attached hydrogens (primary N) is 1. The minimum absolute atomic E-state index is 0.187. The maximum absolute atomic E-state index is 13.7. The first-order valence-corrected chi connectivity index (χ1v) is 6.22. The van der Waals surface area contributed by atoms with Crippen LogP contribution in [-0.4, -0.2) is 16.7 Å². The smallest absolute Gasteiger partial charge is 0.201 e. The molecule has 2 N–H and O–H groups in total. The van der Waals surface area contributed by atoms with Crippen LogP contribution in [0.25, 0.3) is 11.0 Å². The Morgan fingerprint density at radius 3 is 2.70 bits per heavy atom. The number of rotatable bonds is 3. The van der Waals surface area contributed by atoms with E-state index in [1.54, 1.807) is 6.07 Å². The molecule has 102 valence electrons. The first-order valence-electron chi connectivity index (χ1n) is 6.22. The van der Waals surface area contributed by atoms with Crippen molar-refractivity contribution in [2.24, 2.45) is 0 Å². The molecule has 0 aliphatic heterocycles. The van der Waals surface area contributed by atoms with Crippen molar-refractivity contribution >= 4 is 17.0 Å². The van der Waals surface area contributed by atoms with Crippen LogP contribution in [0.1, 0.15) is 5.56 Å². The van der Waals surface area contributed by atoms with E-state index in [4.69, 9.17) is 10.5 Å². The molecule has 0 amide bonds. The van der Waals surface area contributed by atoms with Crippen molar-refractivity contribution in [3.8, 4) is 5.75 Å². The molecule has 1 aromatic heterocycles. The number of benzene rings is 2. The SMILES string of the molecule is COc1cc2c(cc1F)nc(N)n2Cc1ccccc1. The summed E-state index contributed by atoms with van der Waals surface area (Å²) >= 11 is 0. The van der Waals surface area contributed by atoms with Crippen LogP contribution in [0.2, 0.25) is 0 Å². The van der Waals surface area contributed by atoms with Crippen LogP contribution in [0.4, 0.5) is 10.3 Å². The van der Waals surface area contributed by atoms with E-state index in [0.29, 0.717) is 18.0 Å². The summed E-state index contributed by atoms with van der Waals surface area (Å²) in [5, 5.41) is 0. The number of hydrogen-bond acceptors (Lipinski definition) is 3. The Bertz CT molecular complexity index is 753. The zero-order valence-corrected chi connectivity index (χ0v) is 11.0. The Kier molecular flexibility index (Phi) is 3.02. The van der Waals surface area contributed by atoms with Gasteiger partial charge in [0.2, 0.25) is 5.95 Å². The third-order valence-electron chi connectivity index (χ3n) is 3.23. The molecular formula is C15H14FN3O. The number of nitrogens with zero attached hydrogens (tertiary/aromatic N) is 2. The van der Waals surface area contributed by atoms with Gasteiger partial charge < -0.3 is 15.0 Å². The number of anilines is 1. The van der Waals surface area contributed by atoms with Gasteiger partial charge in [-0.05, 0) is 5.56 Å². The van der Waals surface area contributed by atoms with Gasteiger partial charge in [-0.2, -0.15) is 0 Å².